The van der Waals surface area contributed by atoms with E-state index in [2.05, 4.69) is 42.8 Å². The molecule has 2 rings (SSSR count). The van der Waals surface area contributed by atoms with Gasteiger partial charge in [-0.3, -0.25) is 4.79 Å². The lowest BCUT2D eigenvalue weighted by atomic mass is 10.2. The highest BCUT2D eigenvalue weighted by atomic mass is 79.9. The number of H-pyrrole nitrogens is 1. The average molecular weight is 355 g/mol. The van der Waals surface area contributed by atoms with Gasteiger partial charge in [0.05, 0.1) is 0 Å². The quantitative estimate of drug-likeness (QED) is 0.660. The maximum atomic E-state index is 11.6. The number of nitrogens with zero attached hydrogens (tertiary/aromatic N) is 3. The van der Waals surface area contributed by atoms with Crippen LogP contribution in [0.4, 0.5) is 0 Å². The molecule has 0 amide bonds. The Morgan fingerprint density at radius 2 is 2.05 bits per heavy atom. The zero-order valence-corrected chi connectivity index (χ0v) is 13.7. The molecule has 0 aliphatic heterocycles. The molecular formula is C13H15BrN4OS. The van der Waals surface area contributed by atoms with Crippen molar-refractivity contribution in [1.29, 1.82) is 0 Å². The van der Waals surface area contributed by atoms with E-state index in [0.717, 1.165) is 40.4 Å². The van der Waals surface area contributed by atoms with Crippen molar-refractivity contribution in [3.05, 3.63) is 38.6 Å². The van der Waals surface area contributed by atoms with Crippen molar-refractivity contribution in [3.8, 4) is 0 Å². The van der Waals surface area contributed by atoms with Crippen molar-refractivity contribution in [3.63, 3.8) is 0 Å². The Morgan fingerprint density at radius 3 is 2.75 bits per heavy atom. The molecule has 7 heteroatoms. The fourth-order valence-corrected chi connectivity index (χ4v) is 3.07. The Hall–Kier alpha value is -1.21. The number of halogens is 1. The van der Waals surface area contributed by atoms with Crippen LogP contribution in [0.3, 0.4) is 0 Å². The molecule has 0 fully saturated rings. The van der Waals surface area contributed by atoms with Crippen LogP contribution in [0, 0.1) is 0 Å². The van der Waals surface area contributed by atoms with E-state index in [1.165, 1.54) is 11.8 Å². The second-order valence-electron chi connectivity index (χ2n) is 4.19. The second-order valence-corrected chi connectivity index (χ2v) is 6.01. The maximum Gasteiger partial charge on any atom is 0.251 e. The molecule has 106 valence electrons. The molecule has 2 heterocycles. The lowest BCUT2D eigenvalue weighted by molar-refractivity contribution is 0.812. The molecule has 0 radical (unpaired) electrons. The Labute approximate surface area is 129 Å². The Balaban J connectivity index is 2.29. The van der Waals surface area contributed by atoms with Gasteiger partial charge in [0.15, 0.2) is 5.16 Å². The number of hydrogen-bond donors (Lipinski definition) is 1. The summed E-state index contributed by atoms with van der Waals surface area (Å²) in [5.74, 6) is 0.758. The van der Waals surface area contributed by atoms with Gasteiger partial charge in [-0.15, -0.1) is 0 Å². The smallest absolute Gasteiger partial charge is 0.251 e. The van der Waals surface area contributed by atoms with E-state index in [0.29, 0.717) is 5.16 Å². The molecule has 0 spiro atoms. The molecule has 0 aliphatic rings. The molecule has 0 aromatic carbocycles. The van der Waals surface area contributed by atoms with E-state index in [4.69, 9.17) is 0 Å². The summed E-state index contributed by atoms with van der Waals surface area (Å²) in [5.41, 5.74) is 0.678. The van der Waals surface area contributed by atoms with Crippen LogP contribution in [-0.4, -0.2) is 19.9 Å². The van der Waals surface area contributed by atoms with Crippen LogP contribution in [0.15, 0.2) is 31.7 Å². The minimum Gasteiger partial charge on any atom is -0.301 e. The average Bonchev–Trinajstić information content (AvgIpc) is 2.37. The topological polar surface area (TPSA) is 71.5 Å². The summed E-state index contributed by atoms with van der Waals surface area (Å²) in [5, 5.41) is 1.33. The van der Waals surface area contributed by atoms with E-state index in [1.807, 2.05) is 13.0 Å². The van der Waals surface area contributed by atoms with E-state index in [1.54, 1.807) is 6.07 Å². The minimum atomic E-state index is -0.130. The van der Waals surface area contributed by atoms with Gasteiger partial charge in [-0.05, 0) is 34.1 Å². The van der Waals surface area contributed by atoms with Crippen LogP contribution < -0.4 is 5.56 Å². The molecule has 20 heavy (non-hydrogen) atoms. The number of aromatic nitrogens is 4. The van der Waals surface area contributed by atoms with Crippen molar-refractivity contribution in [1.82, 2.24) is 19.9 Å². The van der Waals surface area contributed by atoms with E-state index in [-0.39, 0.29) is 5.56 Å². The Morgan fingerprint density at radius 1 is 1.25 bits per heavy atom. The van der Waals surface area contributed by atoms with Gasteiger partial charge < -0.3 is 4.98 Å². The summed E-state index contributed by atoms with van der Waals surface area (Å²) in [6, 6.07) is 3.36. The highest BCUT2D eigenvalue weighted by Gasteiger charge is 2.07. The second kappa shape index (κ2) is 6.99. The number of aromatic amines is 1. The first-order chi connectivity index (χ1) is 9.60. The summed E-state index contributed by atoms with van der Waals surface area (Å²) < 4.78 is 0.735. The van der Waals surface area contributed by atoms with Gasteiger partial charge in [0, 0.05) is 24.2 Å². The molecule has 0 bridgehead atoms. The standard InChI is InChI=1S/C13H15BrN4OS/c1-3-5-8-6-11(19)18-13(15-8)20-12-7-9(14)16-10(4-2)17-12/h6-7H,3-5H2,1-2H3,(H,15,18,19). The van der Waals surface area contributed by atoms with Gasteiger partial charge in [0.25, 0.3) is 5.56 Å². The SMILES string of the molecule is CCCc1cc(=O)[nH]c(Sc2cc(Br)nc(CC)n2)n1. The summed E-state index contributed by atoms with van der Waals surface area (Å²) in [6.45, 7) is 4.06. The highest BCUT2D eigenvalue weighted by molar-refractivity contribution is 9.10. The molecular weight excluding hydrogens is 340 g/mol. The fourth-order valence-electron chi connectivity index (χ4n) is 1.67. The normalized spacial score (nSPS) is 10.8. The molecule has 0 unspecified atom stereocenters. The maximum absolute atomic E-state index is 11.6. The lowest BCUT2D eigenvalue weighted by Gasteiger charge is -2.04. The van der Waals surface area contributed by atoms with Crippen LogP contribution in [0.2, 0.25) is 0 Å². The molecule has 2 aromatic heterocycles. The Kier molecular flexibility index (Phi) is 5.31. The third-order valence-electron chi connectivity index (χ3n) is 2.51. The van der Waals surface area contributed by atoms with Crippen LogP contribution in [0.1, 0.15) is 31.8 Å². The van der Waals surface area contributed by atoms with Crippen LogP contribution >= 0.6 is 27.7 Å². The van der Waals surface area contributed by atoms with Gasteiger partial charge in [-0.2, -0.15) is 0 Å². The van der Waals surface area contributed by atoms with Crippen molar-refractivity contribution >= 4 is 27.7 Å². The van der Waals surface area contributed by atoms with E-state index < -0.39 is 0 Å². The predicted octanol–water partition coefficient (Wildman–Crippen LogP) is 2.99. The molecule has 0 aliphatic carbocycles. The first kappa shape index (κ1) is 15.2. The van der Waals surface area contributed by atoms with Gasteiger partial charge in [-0.25, -0.2) is 15.0 Å². The number of rotatable bonds is 5. The monoisotopic (exact) mass is 354 g/mol. The third-order valence-corrected chi connectivity index (χ3v) is 3.73. The molecule has 2 aromatic rings. The van der Waals surface area contributed by atoms with Crippen LogP contribution in [-0.2, 0) is 12.8 Å². The summed E-state index contributed by atoms with van der Waals surface area (Å²) >= 11 is 4.70. The van der Waals surface area contributed by atoms with Crippen LogP contribution in [0.5, 0.6) is 0 Å². The van der Waals surface area contributed by atoms with E-state index >= 15 is 0 Å². The molecule has 5 nitrogen and oxygen atoms in total. The summed E-state index contributed by atoms with van der Waals surface area (Å²) in [7, 11) is 0. The van der Waals surface area contributed by atoms with Crippen molar-refractivity contribution < 1.29 is 0 Å². The number of hydrogen-bond acceptors (Lipinski definition) is 5. The van der Waals surface area contributed by atoms with Crippen molar-refractivity contribution in [2.45, 2.75) is 43.3 Å². The zero-order chi connectivity index (χ0) is 14.5. The molecule has 0 saturated heterocycles. The van der Waals surface area contributed by atoms with Gasteiger partial charge >= 0.3 is 0 Å². The van der Waals surface area contributed by atoms with Crippen LogP contribution in [0.25, 0.3) is 0 Å². The number of nitrogens with one attached hydrogen (secondary N) is 1. The summed E-state index contributed by atoms with van der Waals surface area (Å²) in [4.78, 5) is 27.5. The highest BCUT2D eigenvalue weighted by Crippen LogP contribution is 2.24. The molecule has 0 saturated carbocycles. The lowest BCUT2D eigenvalue weighted by Crippen LogP contribution is -2.10. The number of aryl methyl sites for hydroxylation is 2. The fraction of sp³-hybridized carbons (Fsp3) is 0.385. The van der Waals surface area contributed by atoms with E-state index in [9.17, 15) is 4.79 Å². The third kappa shape index (κ3) is 4.14. The first-order valence-corrected chi connectivity index (χ1v) is 8.03. The Bertz CT molecular complexity index is 659. The van der Waals surface area contributed by atoms with Crippen molar-refractivity contribution in [2.75, 3.05) is 0 Å². The predicted molar refractivity (Wildman–Crippen MR) is 82.1 cm³/mol. The van der Waals surface area contributed by atoms with Crippen molar-refractivity contribution in [2.24, 2.45) is 0 Å². The molecule has 1 N–H and O–H groups in total. The molecule has 0 atom stereocenters. The zero-order valence-electron chi connectivity index (χ0n) is 11.3. The van der Waals surface area contributed by atoms with Gasteiger partial charge in [-0.1, -0.05) is 20.3 Å². The largest absolute Gasteiger partial charge is 0.301 e. The first-order valence-electron chi connectivity index (χ1n) is 6.42. The van der Waals surface area contributed by atoms with Gasteiger partial charge in [0.1, 0.15) is 15.5 Å². The minimum absolute atomic E-state index is 0.130. The summed E-state index contributed by atoms with van der Waals surface area (Å²) in [6.07, 6.45) is 2.51. The van der Waals surface area contributed by atoms with Gasteiger partial charge in [0.2, 0.25) is 0 Å².